The lowest BCUT2D eigenvalue weighted by atomic mass is 10.1. The lowest BCUT2D eigenvalue weighted by Crippen LogP contribution is -2.37. The number of hydrazone groups is 1. The molecule has 0 saturated heterocycles. The van der Waals surface area contributed by atoms with Crippen molar-refractivity contribution in [1.29, 1.82) is 0 Å². The van der Waals surface area contributed by atoms with E-state index in [4.69, 9.17) is 4.74 Å². The zero-order chi connectivity index (χ0) is 24.3. The third kappa shape index (κ3) is 7.90. The second-order valence-corrected chi connectivity index (χ2v) is 7.64. The normalized spacial score (nSPS) is 10.5. The van der Waals surface area contributed by atoms with Crippen LogP contribution in [0.5, 0.6) is 5.75 Å². The van der Waals surface area contributed by atoms with Crippen LogP contribution in [0.4, 0.5) is 5.69 Å². The number of rotatable bonds is 8. The van der Waals surface area contributed by atoms with E-state index in [9.17, 15) is 14.4 Å². The van der Waals surface area contributed by atoms with E-state index in [1.807, 2.05) is 62.4 Å². The third-order valence-corrected chi connectivity index (χ3v) is 4.72. The zero-order valence-corrected chi connectivity index (χ0v) is 19.0. The zero-order valence-electron chi connectivity index (χ0n) is 19.0. The summed E-state index contributed by atoms with van der Waals surface area (Å²) in [6.45, 7) is 4.02. The maximum absolute atomic E-state index is 12.1. The van der Waals surface area contributed by atoms with E-state index in [0.29, 0.717) is 17.0 Å². The molecule has 0 aliphatic carbocycles. The molecular formula is C26H26N4O4. The molecule has 8 nitrogen and oxygen atoms in total. The van der Waals surface area contributed by atoms with Gasteiger partial charge in [0.15, 0.2) is 6.61 Å². The summed E-state index contributed by atoms with van der Waals surface area (Å²) in [6.07, 6.45) is 1.38. The first-order valence-electron chi connectivity index (χ1n) is 10.7. The predicted molar refractivity (Wildman–Crippen MR) is 131 cm³/mol. The van der Waals surface area contributed by atoms with Gasteiger partial charge in [-0.15, -0.1) is 0 Å². The van der Waals surface area contributed by atoms with E-state index < -0.39 is 11.8 Å². The van der Waals surface area contributed by atoms with E-state index >= 15 is 0 Å². The van der Waals surface area contributed by atoms with Crippen molar-refractivity contribution in [3.05, 3.63) is 95.1 Å². The summed E-state index contributed by atoms with van der Waals surface area (Å²) in [6, 6.07) is 21.9. The molecule has 3 rings (SSSR count). The van der Waals surface area contributed by atoms with Crippen LogP contribution in [0.25, 0.3) is 0 Å². The van der Waals surface area contributed by atoms with Crippen LogP contribution in [0.2, 0.25) is 0 Å². The van der Waals surface area contributed by atoms with Crippen molar-refractivity contribution in [2.24, 2.45) is 5.10 Å². The first-order valence-corrected chi connectivity index (χ1v) is 10.7. The predicted octanol–water partition coefficient (Wildman–Crippen LogP) is 3.09. The summed E-state index contributed by atoms with van der Waals surface area (Å²) in [7, 11) is 0. The SMILES string of the molecule is Cc1ccc(CNC(=O)C(=O)N/N=C\c2cccc(OCC(=O)Nc3ccc(C)cc3)c2)cc1. The molecule has 0 spiro atoms. The summed E-state index contributed by atoms with van der Waals surface area (Å²) >= 11 is 0. The molecule has 3 N–H and O–H groups in total. The van der Waals surface area contributed by atoms with Crippen LogP contribution in [-0.4, -0.2) is 30.5 Å². The van der Waals surface area contributed by atoms with Gasteiger partial charge in [0.05, 0.1) is 6.21 Å². The highest BCUT2D eigenvalue weighted by atomic mass is 16.5. The number of anilines is 1. The number of nitrogens with zero attached hydrogens (tertiary/aromatic N) is 1. The monoisotopic (exact) mass is 458 g/mol. The minimum atomic E-state index is -0.872. The Morgan fingerprint density at radius 2 is 1.56 bits per heavy atom. The van der Waals surface area contributed by atoms with Crippen LogP contribution in [0, 0.1) is 13.8 Å². The first-order chi connectivity index (χ1) is 16.4. The summed E-state index contributed by atoms with van der Waals surface area (Å²) in [5, 5.41) is 9.11. The second-order valence-electron chi connectivity index (χ2n) is 7.64. The number of carbonyl (C=O) groups excluding carboxylic acids is 3. The number of amides is 3. The topological polar surface area (TPSA) is 109 Å². The van der Waals surface area contributed by atoms with Gasteiger partial charge in [-0.05, 0) is 49.2 Å². The average molecular weight is 459 g/mol. The van der Waals surface area contributed by atoms with Crippen molar-refractivity contribution >= 4 is 29.6 Å². The molecule has 3 aromatic carbocycles. The van der Waals surface area contributed by atoms with Crippen LogP contribution in [0.15, 0.2) is 77.9 Å². The number of aryl methyl sites for hydroxylation is 2. The molecular weight excluding hydrogens is 432 g/mol. The number of benzene rings is 3. The molecule has 0 saturated carbocycles. The Hall–Kier alpha value is -4.46. The highest BCUT2D eigenvalue weighted by molar-refractivity contribution is 6.35. The van der Waals surface area contributed by atoms with Gasteiger partial charge < -0.3 is 15.4 Å². The molecule has 0 aromatic heterocycles. The van der Waals surface area contributed by atoms with Crippen molar-refractivity contribution in [3.63, 3.8) is 0 Å². The van der Waals surface area contributed by atoms with Gasteiger partial charge in [-0.1, -0.05) is 59.7 Å². The maximum Gasteiger partial charge on any atom is 0.329 e. The number of ether oxygens (including phenoxy) is 1. The van der Waals surface area contributed by atoms with Gasteiger partial charge in [0.2, 0.25) is 0 Å². The van der Waals surface area contributed by atoms with Gasteiger partial charge in [0.25, 0.3) is 5.91 Å². The molecule has 174 valence electrons. The van der Waals surface area contributed by atoms with Crippen LogP contribution in [0.1, 0.15) is 22.3 Å². The number of hydrogen-bond donors (Lipinski definition) is 3. The summed E-state index contributed by atoms with van der Waals surface area (Å²) in [5.74, 6) is -1.48. The van der Waals surface area contributed by atoms with Crippen LogP contribution < -0.4 is 20.8 Å². The largest absolute Gasteiger partial charge is 0.484 e. The van der Waals surface area contributed by atoms with Gasteiger partial charge in [0.1, 0.15) is 5.75 Å². The lowest BCUT2D eigenvalue weighted by molar-refractivity contribution is -0.139. The number of nitrogens with one attached hydrogen (secondary N) is 3. The molecule has 0 radical (unpaired) electrons. The van der Waals surface area contributed by atoms with Crippen LogP contribution in [-0.2, 0) is 20.9 Å². The Morgan fingerprint density at radius 1 is 0.882 bits per heavy atom. The van der Waals surface area contributed by atoms with Gasteiger partial charge >= 0.3 is 11.8 Å². The van der Waals surface area contributed by atoms with Gasteiger partial charge in [-0.3, -0.25) is 14.4 Å². The van der Waals surface area contributed by atoms with Gasteiger partial charge in [0, 0.05) is 12.2 Å². The van der Waals surface area contributed by atoms with Gasteiger partial charge in [-0.2, -0.15) is 5.10 Å². The standard InChI is InChI=1S/C26H26N4O4/c1-18-6-10-20(11-7-18)15-27-25(32)26(33)30-28-16-21-4-3-5-23(14-21)34-17-24(31)29-22-12-8-19(2)9-13-22/h3-14,16H,15,17H2,1-2H3,(H,27,32)(H,29,31)(H,30,33)/b28-16-. The Morgan fingerprint density at radius 3 is 2.26 bits per heavy atom. The van der Waals surface area contributed by atoms with Crippen molar-refractivity contribution in [1.82, 2.24) is 10.7 Å². The van der Waals surface area contributed by atoms with E-state index in [2.05, 4.69) is 21.2 Å². The third-order valence-electron chi connectivity index (χ3n) is 4.72. The minimum Gasteiger partial charge on any atom is -0.484 e. The highest BCUT2D eigenvalue weighted by Crippen LogP contribution is 2.13. The number of hydrogen-bond acceptors (Lipinski definition) is 5. The van der Waals surface area contributed by atoms with E-state index in [1.165, 1.54) is 6.21 Å². The quantitative estimate of drug-likeness (QED) is 0.274. The van der Waals surface area contributed by atoms with E-state index in [0.717, 1.165) is 16.7 Å². The first kappa shape index (κ1) is 24.2. The van der Waals surface area contributed by atoms with Crippen molar-refractivity contribution in [3.8, 4) is 5.75 Å². The lowest BCUT2D eigenvalue weighted by Gasteiger charge is -2.08. The summed E-state index contributed by atoms with van der Waals surface area (Å²) < 4.78 is 5.53. The molecule has 8 heteroatoms. The van der Waals surface area contributed by atoms with Crippen molar-refractivity contribution in [2.45, 2.75) is 20.4 Å². The maximum atomic E-state index is 12.1. The molecule has 3 aromatic rings. The van der Waals surface area contributed by atoms with E-state index in [-0.39, 0.29) is 19.1 Å². The second kappa shape index (κ2) is 12.0. The Kier molecular flexibility index (Phi) is 8.51. The molecule has 34 heavy (non-hydrogen) atoms. The Labute approximate surface area is 198 Å². The molecule has 0 aliphatic heterocycles. The molecule has 0 atom stereocenters. The highest BCUT2D eigenvalue weighted by Gasteiger charge is 2.12. The summed E-state index contributed by atoms with van der Waals surface area (Å²) in [5.41, 5.74) is 6.61. The molecule has 0 bridgehead atoms. The van der Waals surface area contributed by atoms with Crippen LogP contribution >= 0.6 is 0 Å². The molecule has 0 heterocycles. The van der Waals surface area contributed by atoms with Gasteiger partial charge in [-0.25, -0.2) is 5.43 Å². The fraction of sp³-hybridized carbons (Fsp3) is 0.154. The Balaban J connectivity index is 1.43. The smallest absolute Gasteiger partial charge is 0.329 e. The molecule has 0 fully saturated rings. The fourth-order valence-corrected chi connectivity index (χ4v) is 2.85. The summed E-state index contributed by atoms with van der Waals surface area (Å²) in [4.78, 5) is 35.9. The Bertz CT molecular complexity index is 1170. The molecule has 3 amide bonds. The fourth-order valence-electron chi connectivity index (χ4n) is 2.85. The van der Waals surface area contributed by atoms with Crippen molar-refractivity contribution in [2.75, 3.05) is 11.9 Å². The number of carbonyl (C=O) groups is 3. The molecule has 0 aliphatic rings. The van der Waals surface area contributed by atoms with Crippen LogP contribution in [0.3, 0.4) is 0 Å². The average Bonchev–Trinajstić information content (AvgIpc) is 2.84. The minimum absolute atomic E-state index is 0.160. The molecule has 0 unspecified atom stereocenters. The van der Waals surface area contributed by atoms with Crippen molar-refractivity contribution < 1.29 is 19.1 Å². The van der Waals surface area contributed by atoms with E-state index in [1.54, 1.807) is 24.3 Å².